The van der Waals surface area contributed by atoms with Crippen LogP contribution in [0.1, 0.15) is 112 Å². The molecule has 0 aromatic rings. The summed E-state index contributed by atoms with van der Waals surface area (Å²) in [5.74, 6) is 3.02. The molecule has 8 fully saturated rings. The molecule has 6 heteroatoms. The number of aliphatic hydroxyl groups excluding tert-OH is 1. The fourth-order valence-corrected chi connectivity index (χ4v) is 13.7. The zero-order chi connectivity index (χ0) is 28.8. The number of methoxy groups -OCH3 is 1. The van der Waals surface area contributed by atoms with Crippen LogP contribution in [-0.4, -0.2) is 60.9 Å². The van der Waals surface area contributed by atoms with Crippen molar-refractivity contribution in [1.29, 1.82) is 0 Å². The van der Waals surface area contributed by atoms with Crippen LogP contribution in [0.15, 0.2) is 0 Å². The molecule has 41 heavy (non-hydrogen) atoms. The fraction of sp³-hybridized carbons (Fsp3) is 1.00. The standard InChI is InChI=1S/C35H56O6/c1-20-33-16-15-32(6)23(19-35-26(32)11-9-24(40-35)29(41-35)31(4,5)37-7)22(33)8-10-25-30(2,3)27(12-14-34(20,25)33)39-28-18-21(36)13-17-38-28/h20-29,36H,8-19H2,1-7H3. The second-order valence-corrected chi connectivity index (χ2v) is 17.3. The van der Waals surface area contributed by atoms with E-state index in [0.29, 0.717) is 47.0 Å². The molecule has 14 unspecified atom stereocenters. The second kappa shape index (κ2) is 8.72. The van der Waals surface area contributed by atoms with Crippen molar-refractivity contribution in [2.75, 3.05) is 13.7 Å². The molecule has 8 aliphatic rings. The molecule has 8 rings (SSSR count). The Bertz CT molecular complexity index is 1070. The topological polar surface area (TPSA) is 66.4 Å². The van der Waals surface area contributed by atoms with Crippen LogP contribution in [0.25, 0.3) is 0 Å². The van der Waals surface area contributed by atoms with Gasteiger partial charge in [-0.1, -0.05) is 27.7 Å². The Balaban J connectivity index is 1.07. The first-order chi connectivity index (χ1) is 19.4. The van der Waals surface area contributed by atoms with Crippen LogP contribution in [0.4, 0.5) is 0 Å². The first kappa shape index (κ1) is 28.2. The average molecular weight is 573 g/mol. The maximum atomic E-state index is 10.2. The molecular formula is C35H56O6. The van der Waals surface area contributed by atoms with Gasteiger partial charge in [0.15, 0.2) is 12.1 Å². The van der Waals surface area contributed by atoms with Crippen LogP contribution >= 0.6 is 0 Å². The van der Waals surface area contributed by atoms with Gasteiger partial charge in [0.1, 0.15) is 6.10 Å². The maximum absolute atomic E-state index is 10.2. The van der Waals surface area contributed by atoms with Gasteiger partial charge < -0.3 is 28.8 Å². The Labute approximate surface area is 247 Å². The molecule has 0 amide bonds. The molecule has 0 aromatic heterocycles. The van der Waals surface area contributed by atoms with Gasteiger partial charge >= 0.3 is 0 Å². The van der Waals surface area contributed by atoms with Crippen molar-refractivity contribution < 1.29 is 28.8 Å². The van der Waals surface area contributed by atoms with Gasteiger partial charge in [-0.25, -0.2) is 0 Å². The van der Waals surface area contributed by atoms with E-state index in [1.807, 2.05) is 7.11 Å². The van der Waals surface area contributed by atoms with Crippen molar-refractivity contribution in [2.24, 2.45) is 51.2 Å². The van der Waals surface area contributed by atoms with Gasteiger partial charge in [-0.15, -0.1) is 0 Å². The summed E-state index contributed by atoms with van der Waals surface area (Å²) in [5, 5.41) is 10.2. The second-order valence-electron chi connectivity index (χ2n) is 17.3. The minimum atomic E-state index is -0.411. The lowest BCUT2D eigenvalue weighted by Gasteiger charge is -2.59. The van der Waals surface area contributed by atoms with Gasteiger partial charge in [0.05, 0.1) is 30.5 Å². The third-order valence-corrected chi connectivity index (χ3v) is 15.7. The van der Waals surface area contributed by atoms with E-state index in [9.17, 15) is 5.11 Å². The van der Waals surface area contributed by atoms with E-state index in [-0.39, 0.29) is 41.7 Å². The number of hydrogen-bond acceptors (Lipinski definition) is 6. The molecule has 3 aliphatic heterocycles. The number of ether oxygens (including phenoxy) is 5. The van der Waals surface area contributed by atoms with Crippen molar-refractivity contribution in [1.82, 2.24) is 0 Å². The molecule has 0 aromatic carbocycles. The fourth-order valence-electron chi connectivity index (χ4n) is 13.7. The predicted octanol–water partition coefficient (Wildman–Crippen LogP) is 6.47. The maximum Gasteiger partial charge on any atom is 0.173 e. The lowest BCUT2D eigenvalue weighted by Crippen LogP contribution is -2.55. The molecule has 2 bridgehead atoms. The summed E-state index contributed by atoms with van der Waals surface area (Å²) in [7, 11) is 1.82. The number of hydrogen-bond donors (Lipinski definition) is 1. The minimum Gasteiger partial charge on any atom is -0.393 e. The average Bonchev–Trinajstić information content (AvgIpc) is 3.16. The molecule has 14 atom stereocenters. The highest BCUT2D eigenvalue weighted by Crippen LogP contribution is 2.90. The molecule has 5 saturated carbocycles. The van der Waals surface area contributed by atoms with Crippen molar-refractivity contribution in [3.8, 4) is 0 Å². The van der Waals surface area contributed by atoms with Gasteiger partial charge in [-0.3, -0.25) is 0 Å². The normalized spacial score (nSPS) is 58.5. The SMILES string of the molecule is COC(C)(C)C1OC23CC4C5CCC6C(C)(C)C(OC7CC(O)CCO7)CCC67C(C)C57CCC4(C)C2CCC1O3. The van der Waals surface area contributed by atoms with Crippen molar-refractivity contribution in [3.63, 3.8) is 0 Å². The van der Waals surface area contributed by atoms with E-state index in [0.717, 1.165) is 37.5 Å². The van der Waals surface area contributed by atoms with Crippen molar-refractivity contribution in [3.05, 3.63) is 0 Å². The summed E-state index contributed by atoms with van der Waals surface area (Å²) < 4.78 is 32.7. The Morgan fingerprint density at radius 2 is 1.63 bits per heavy atom. The van der Waals surface area contributed by atoms with Gasteiger partial charge in [0.25, 0.3) is 0 Å². The van der Waals surface area contributed by atoms with Gasteiger partial charge in [-0.05, 0) is 117 Å². The van der Waals surface area contributed by atoms with Crippen LogP contribution in [0.5, 0.6) is 0 Å². The molecule has 232 valence electrons. The van der Waals surface area contributed by atoms with E-state index < -0.39 is 5.79 Å². The lowest BCUT2D eigenvalue weighted by molar-refractivity contribution is -0.248. The largest absolute Gasteiger partial charge is 0.393 e. The highest BCUT2D eigenvalue weighted by Gasteiger charge is 2.86. The van der Waals surface area contributed by atoms with Gasteiger partial charge in [0, 0.05) is 25.9 Å². The molecule has 6 nitrogen and oxygen atoms in total. The molecule has 5 aliphatic carbocycles. The van der Waals surface area contributed by atoms with Crippen molar-refractivity contribution in [2.45, 2.75) is 154 Å². The van der Waals surface area contributed by atoms with Gasteiger partial charge in [0.2, 0.25) is 0 Å². The third kappa shape index (κ3) is 3.37. The molecular weight excluding hydrogens is 516 g/mol. The lowest BCUT2D eigenvalue weighted by atomic mass is 9.46. The smallest absolute Gasteiger partial charge is 0.173 e. The Morgan fingerprint density at radius 3 is 2.39 bits per heavy atom. The summed E-state index contributed by atoms with van der Waals surface area (Å²) >= 11 is 0. The van der Waals surface area contributed by atoms with Crippen molar-refractivity contribution >= 4 is 0 Å². The zero-order valence-electron chi connectivity index (χ0n) is 26.7. The summed E-state index contributed by atoms with van der Waals surface area (Å²) in [4.78, 5) is 0. The Morgan fingerprint density at radius 1 is 0.854 bits per heavy atom. The highest BCUT2D eigenvalue weighted by molar-refractivity contribution is 5.33. The van der Waals surface area contributed by atoms with E-state index >= 15 is 0 Å². The highest BCUT2D eigenvalue weighted by atomic mass is 16.8. The molecule has 3 saturated heterocycles. The molecule has 3 heterocycles. The summed E-state index contributed by atoms with van der Waals surface area (Å²) in [6.07, 6.45) is 12.3. The first-order valence-electron chi connectivity index (χ1n) is 17.2. The van der Waals surface area contributed by atoms with Crippen LogP contribution in [-0.2, 0) is 23.7 Å². The van der Waals surface area contributed by atoms with Crippen LogP contribution in [0.2, 0.25) is 0 Å². The summed E-state index contributed by atoms with van der Waals surface area (Å²) in [5.41, 5.74) is 0.990. The summed E-state index contributed by atoms with van der Waals surface area (Å²) in [6.45, 7) is 15.2. The molecule has 1 N–H and O–H groups in total. The van der Waals surface area contributed by atoms with Crippen LogP contribution < -0.4 is 0 Å². The first-order valence-corrected chi connectivity index (χ1v) is 17.2. The number of rotatable bonds is 4. The van der Waals surface area contributed by atoms with Crippen LogP contribution in [0.3, 0.4) is 0 Å². The Hall–Kier alpha value is -0.240. The van der Waals surface area contributed by atoms with E-state index in [1.54, 1.807) is 0 Å². The Kier molecular flexibility index (Phi) is 6.01. The zero-order valence-corrected chi connectivity index (χ0v) is 26.7. The number of aliphatic hydroxyl groups is 1. The third-order valence-electron chi connectivity index (χ3n) is 15.7. The van der Waals surface area contributed by atoms with E-state index in [2.05, 4.69) is 41.5 Å². The minimum absolute atomic E-state index is 0.0162. The van der Waals surface area contributed by atoms with Gasteiger partial charge in [-0.2, -0.15) is 0 Å². The quantitative estimate of drug-likeness (QED) is 0.390. The predicted molar refractivity (Wildman–Crippen MR) is 155 cm³/mol. The van der Waals surface area contributed by atoms with E-state index in [1.165, 1.54) is 38.5 Å². The monoisotopic (exact) mass is 572 g/mol. The van der Waals surface area contributed by atoms with E-state index in [4.69, 9.17) is 23.7 Å². The summed E-state index contributed by atoms with van der Waals surface area (Å²) in [6, 6.07) is 0. The molecule has 3 spiro atoms. The molecule has 0 radical (unpaired) electrons. The number of fused-ring (bicyclic) bond motifs is 4. The van der Waals surface area contributed by atoms with Crippen LogP contribution in [0, 0.1) is 51.2 Å².